The van der Waals surface area contributed by atoms with Crippen molar-refractivity contribution in [3.8, 4) is 0 Å². The highest BCUT2D eigenvalue weighted by molar-refractivity contribution is 7.07. The summed E-state index contributed by atoms with van der Waals surface area (Å²) in [6, 6.07) is 7.40. The van der Waals surface area contributed by atoms with Crippen LogP contribution in [0.3, 0.4) is 0 Å². The molecule has 5 nitrogen and oxygen atoms in total. The van der Waals surface area contributed by atoms with Gasteiger partial charge in [0.1, 0.15) is 10.7 Å². The number of rotatable bonds is 2. The highest BCUT2D eigenvalue weighted by Crippen LogP contribution is 2.47. The van der Waals surface area contributed by atoms with Gasteiger partial charge in [0.25, 0.3) is 5.91 Å². The Balaban J connectivity index is 1.53. The summed E-state index contributed by atoms with van der Waals surface area (Å²) < 4.78 is 17.3. The second kappa shape index (κ2) is 6.09. The topological polar surface area (TPSA) is 49.3 Å². The standard InChI is InChI=1S/C19H21FN4OS/c1-11-18(26-22-21-11)19(25)24-10-15(12-2-4-14(20)5-3-12)17-16(24)13-6-8-23(17)9-7-13/h2-5,13,15-17H,6-10H2,1H3/t15-,16+,17+/m1/s1. The molecule has 1 amide bonds. The van der Waals surface area contributed by atoms with Crippen molar-refractivity contribution in [2.24, 2.45) is 5.92 Å². The Kier molecular flexibility index (Phi) is 3.83. The molecule has 4 aliphatic heterocycles. The van der Waals surface area contributed by atoms with E-state index >= 15 is 0 Å². The lowest BCUT2D eigenvalue weighted by molar-refractivity contribution is -0.00329. The fourth-order valence-corrected chi connectivity index (χ4v) is 5.83. The van der Waals surface area contributed by atoms with E-state index in [-0.39, 0.29) is 23.7 Å². The van der Waals surface area contributed by atoms with Crippen LogP contribution in [0, 0.1) is 18.7 Å². The molecule has 3 atom stereocenters. The largest absolute Gasteiger partial charge is 0.332 e. The first-order chi connectivity index (χ1) is 12.6. The summed E-state index contributed by atoms with van der Waals surface area (Å²) in [6.07, 6.45) is 2.31. The number of likely N-dealkylation sites (tertiary alicyclic amines) is 1. The predicted molar refractivity (Wildman–Crippen MR) is 96.7 cm³/mol. The van der Waals surface area contributed by atoms with E-state index in [9.17, 15) is 9.18 Å². The second-order valence-corrected chi connectivity index (χ2v) is 8.41. The van der Waals surface area contributed by atoms with Gasteiger partial charge in [-0.25, -0.2) is 4.39 Å². The number of hydrogen-bond acceptors (Lipinski definition) is 5. The van der Waals surface area contributed by atoms with Gasteiger partial charge in [-0.2, -0.15) is 0 Å². The molecule has 26 heavy (non-hydrogen) atoms. The van der Waals surface area contributed by atoms with Crippen molar-refractivity contribution in [2.45, 2.75) is 37.8 Å². The van der Waals surface area contributed by atoms with Crippen LogP contribution in [-0.4, -0.2) is 57.0 Å². The van der Waals surface area contributed by atoms with Crippen molar-refractivity contribution >= 4 is 17.4 Å². The van der Waals surface area contributed by atoms with E-state index in [1.165, 1.54) is 23.7 Å². The first kappa shape index (κ1) is 16.3. The normalized spacial score (nSPS) is 32.7. The van der Waals surface area contributed by atoms with Crippen LogP contribution in [0.15, 0.2) is 24.3 Å². The average Bonchev–Trinajstić information content (AvgIpc) is 3.28. The van der Waals surface area contributed by atoms with Crippen LogP contribution in [0.2, 0.25) is 0 Å². The SMILES string of the molecule is Cc1nnsc1C(=O)N1C[C@H](c2ccc(F)cc2)[C@H]2[C@@H]1C1CCN2CC1. The molecule has 4 fully saturated rings. The highest BCUT2D eigenvalue weighted by atomic mass is 32.1. The molecular weight excluding hydrogens is 351 g/mol. The maximum atomic E-state index is 13.4. The van der Waals surface area contributed by atoms with Crippen molar-refractivity contribution in [1.82, 2.24) is 19.4 Å². The van der Waals surface area contributed by atoms with Crippen molar-refractivity contribution in [2.75, 3.05) is 19.6 Å². The van der Waals surface area contributed by atoms with Gasteiger partial charge >= 0.3 is 0 Å². The summed E-state index contributed by atoms with van der Waals surface area (Å²) in [5.74, 6) is 0.633. The van der Waals surface area contributed by atoms with Crippen molar-refractivity contribution < 1.29 is 9.18 Å². The van der Waals surface area contributed by atoms with Gasteiger partial charge in [0.2, 0.25) is 0 Å². The van der Waals surface area contributed by atoms with E-state index in [1.807, 2.05) is 19.1 Å². The zero-order chi connectivity index (χ0) is 17.8. The molecule has 7 heteroatoms. The average molecular weight is 372 g/mol. The van der Waals surface area contributed by atoms with Crippen LogP contribution in [0.1, 0.15) is 39.7 Å². The number of benzene rings is 1. The molecule has 0 spiro atoms. The number of nitrogens with zero attached hydrogens (tertiary/aromatic N) is 4. The quantitative estimate of drug-likeness (QED) is 0.813. The van der Waals surface area contributed by atoms with Crippen molar-refractivity contribution in [3.63, 3.8) is 0 Å². The van der Waals surface area contributed by atoms with Crippen LogP contribution in [0.4, 0.5) is 4.39 Å². The van der Waals surface area contributed by atoms with Crippen LogP contribution < -0.4 is 0 Å². The molecule has 0 saturated carbocycles. The summed E-state index contributed by atoms with van der Waals surface area (Å²) in [4.78, 5) is 18.5. The van der Waals surface area contributed by atoms with Gasteiger partial charge in [-0.1, -0.05) is 16.6 Å². The van der Waals surface area contributed by atoms with Crippen LogP contribution in [0.25, 0.3) is 0 Å². The van der Waals surface area contributed by atoms with Gasteiger partial charge in [-0.15, -0.1) is 5.10 Å². The number of aromatic nitrogens is 2. The van der Waals surface area contributed by atoms with E-state index in [4.69, 9.17) is 0 Å². The van der Waals surface area contributed by atoms with Gasteiger partial charge < -0.3 is 4.90 Å². The molecule has 0 N–H and O–H groups in total. The Morgan fingerprint density at radius 3 is 2.58 bits per heavy atom. The number of carbonyl (C=O) groups excluding carboxylic acids is 1. The molecule has 0 aliphatic carbocycles. The number of halogens is 1. The summed E-state index contributed by atoms with van der Waals surface area (Å²) in [7, 11) is 0. The Labute approximate surface area is 156 Å². The van der Waals surface area contributed by atoms with E-state index < -0.39 is 0 Å². The number of aryl methyl sites for hydroxylation is 1. The molecule has 1 aromatic heterocycles. The number of piperidine rings is 3. The molecule has 0 radical (unpaired) electrons. The lowest BCUT2D eigenvalue weighted by atomic mass is 9.75. The molecule has 4 aliphatic rings. The van der Waals surface area contributed by atoms with Crippen molar-refractivity contribution in [1.29, 1.82) is 0 Å². The van der Waals surface area contributed by atoms with Crippen LogP contribution in [-0.2, 0) is 0 Å². The third-order valence-corrected chi connectivity index (χ3v) is 7.21. The van der Waals surface area contributed by atoms with E-state index in [0.29, 0.717) is 29.1 Å². The Morgan fingerprint density at radius 2 is 1.92 bits per heavy atom. The zero-order valence-corrected chi connectivity index (χ0v) is 15.5. The maximum absolute atomic E-state index is 13.4. The molecule has 0 unspecified atom stereocenters. The lowest BCUT2D eigenvalue weighted by Gasteiger charge is -2.51. The maximum Gasteiger partial charge on any atom is 0.267 e. The zero-order valence-electron chi connectivity index (χ0n) is 14.6. The number of amides is 1. The van der Waals surface area contributed by atoms with Gasteiger partial charge in [0.05, 0.1) is 11.7 Å². The molecule has 1 aromatic carbocycles. The smallest absolute Gasteiger partial charge is 0.267 e. The van der Waals surface area contributed by atoms with E-state index in [1.54, 1.807) is 0 Å². The second-order valence-electron chi connectivity index (χ2n) is 7.66. The van der Waals surface area contributed by atoms with Crippen molar-refractivity contribution in [3.05, 3.63) is 46.2 Å². The molecule has 2 bridgehead atoms. The Morgan fingerprint density at radius 1 is 1.19 bits per heavy atom. The minimum absolute atomic E-state index is 0.0610. The van der Waals surface area contributed by atoms with E-state index in [2.05, 4.69) is 19.4 Å². The fraction of sp³-hybridized carbons (Fsp3) is 0.526. The highest BCUT2D eigenvalue weighted by Gasteiger charge is 2.54. The Bertz CT molecular complexity index is 830. The monoisotopic (exact) mass is 372 g/mol. The summed E-state index contributed by atoms with van der Waals surface area (Å²) in [5, 5.41) is 4.02. The first-order valence-corrected chi connectivity index (χ1v) is 10.0. The molecule has 136 valence electrons. The molecule has 6 rings (SSSR count). The fourth-order valence-electron chi connectivity index (χ4n) is 5.22. The first-order valence-electron chi connectivity index (χ1n) is 9.23. The lowest BCUT2D eigenvalue weighted by Crippen LogP contribution is -2.60. The van der Waals surface area contributed by atoms with Gasteiger partial charge in [-0.05, 0) is 68.0 Å². The van der Waals surface area contributed by atoms with Gasteiger partial charge in [0, 0.05) is 18.5 Å². The van der Waals surface area contributed by atoms with Crippen LogP contribution >= 0.6 is 11.5 Å². The number of hydrogen-bond donors (Lipinski definition) is 0. The summed E-state index contributed by atoms with van der Waals surface area (Å²) in [5.41, 5.74) is 1.84. The third-order valence-electron chi connectivity index (χ3n) is 6.40. The minimum atomic E-state index is -0.215. The predicted octanol–water partition coefficient (Wildman–Crippen LogP) is 2.69. The number of fused-ring (bicyclic) bond motifs is 2. The molecule has 2 aromatic rings. The van der Waals surface area contributed by atoms with Gasteiger partial charge in [0.15, 0.2) is 0 Å². The summed E-state index contributed by atoms with van der Waals surface area (Å²) in [6.45, 7) is 4.74. The molecule has 5 heterocycles. The number of carbonyl (C=O) groups is 1. The van der Waals surface area contributed by atoms with Gasteiger partial charge in [-0.3, -0.25) is 9.69 Å². The third kappa shape index (κ3) is 2.41. The molecular formula is C19H21FN4OS. The summed E-state index contributed by atoms with van der Waals surface area (Å²) >= 11 is 1.19. The Hall–Kier alpha value is -1.86. The van der Waals surface area contributed by atoms with E-state index in [0.717, 1.165) is 31.5 Å². The molecule has 4 saturated heterocycles. The van der Waals surface area contributed by atoms with Crippen LogP contribution in [0.5, 0.6) is 0 Å². The minimum Gasteiger partial charge on any atom is -0.332 e.